The van der Waals surface area contributed by atoms with Gasteiger partial charge in [0.2, 0.25) is 5.95 Å². The first-order valence-corrected chi connectivity index (χ1v) is 5.65. The summed E-state index contributed by atoms with van der Waals surface area (Å²) < 4.78 is 5.68. The largest absolute Gasteiger partial charge is 0.453 e. The molecule has 6 heteroatoms. The first kappa shape index (κ1) is 10.9. The molecule has 3 N–H and O–H groups in total. The van der Waals surface area contributed by atoms with Crippen molar-refractivity contribution in [2.24, 2.45) is 0 Å². The van der Waals surface area contributed by atoms with Gasteiger partial charge in [0, 0.05) is 5.56 Å². The van der Waals surface area contributed by atoms with E-state index in [9.17, 15) is 0 Å². The van der Waals surface area contributed by atoms with Crippen LogP contribution in [0.2, 0.25) is 5.02 Å². The monoisotopic (exact) mass is 260 g/mol. The first-order valence-electron chi connectivity index (χ1n) is 5.27. The molecular weight excluding hydrogens is 252 g/mol. The van der Waals surface area contributed by atoms with E-state index >= 15 is 0 Å². The molecule has 90 valence electrons. The van der Waals surface area contributed by atoms with Crippen molar-refractivity contribution in [1.29, 1.82) is 0 Å². The molecule has 0 amide bonds. The van der Waals surface area contributed by atoms with Crippen molar-refractivity contribution < 1.29 is 4.42 Å². The Labute approximate surface area is 108 Å². The van der Waals surface area contributed by atoms with E-state index in [0.29, 0.717) is 22.4 Å². The van der Waals surface area contributed by atoms with Gasteiger partial charge in [-0.3, -0.25) is 5.10 Å². The van der Waals surface area contributed by atoms with Gasteiger partial charge in [0.15, 0.2) is 11.6 Å². The molecule has 2 aromatic heterocycles. The minimum atomic E-state index is 0.181. The van der Waals surface area contributed by atoms with Gasteiger partial charge >= 0.3 is 0 Å². The SMILES string of the molecule is Nc1n[nH]c(-c2ccc(-c3ccccc3Cl)o2)n1. The molecule has 0 aliphatic rings. The number of anilines is 1. The van der Waals surface area contributed by atoms with Crippen molar-refractivity contribution in [2.75, 3.05) is 5.73 Å². The van der Waals surface area contributed by atoms with Gasteiger partial charge in [-0.2, -0.15) is 4.98 Å². The number of furan rings is 1. The zero-order valence-corrected chi connectivity index (χ0v) is 9.98. The van der Waals surface area contributed by atoms with Gasteiger partial charge in [0.05, 0.1) is 5.02 Å². The van der Waals surface area contributed by atoms with Crippen LogP contribution in [-0.4, -0.2) is 15.2 Å². The van der Waals surface area contributed by atoms with Gasteiger partial charge in [0.1, 0.15) is 5.76 Å². The average Bonchev–Trinajstić information content (AvgIpc) is 2.98. The quantitative estimate of drug-likeness (QED) is 0.742. The Kier molecular flexibility index (Phi) is 2.53. The average molecular weight is 261 g/mol. The van der Waals surface area contributed by atoms with Gasteiger partial charge < -0.3 is 10.2 Å². The Hall–Kier alpha value is -2.27. The molecule has 2 heterocycles. The van der Waals surface area contributed by atoms with E-state index in [-0.39, 0.29) is 5.95 Å². The van der Waals surface area contributed by atoms with Crippen LogP contribution in [0.4, 0.5) is 5.95 Å². The molecule has 0 saturated carbocycles. The van der Waals surface area contributed by atoms with E-state index in [1.807, 2.05) is 30.3 Å². The third-order valence-electron chi connectivity index (χ3n) is 2.48. The van der Waals surface area contributed by atoms with E-state index in [2.05, 4.69) is 15.2 Å². The van der Waals surface area contributed by atoms with Crippen molar-refractivity contribution >= 4 is 17.5 Å². The number of nitrogen functional groups attached to an aromatic ring is 1. The molecule has 0 spiro atoms. The van der Waals surface area contributed by atoms with Gasteiger partial charge in [0.25, 0.3) is 0 Å². The fourth-order valence-electron chi connectivity index (χ4n) is 1.66. The number of nitrogens with zero attached hydrogens (tertiary/aromatic N) is 2. The molecule has 0 saturated heterocycles. The summed E-state index contributed by atoms with van der Waals surface area (Å²) in [6.45, 7) is 0. The van der Waals surface area contributed by atoms with Gasteiger partial charge in [-0.25, -0.2) is 0 Å². The number of nitrogens with one attached hydrogen (secondary N) is 1. The molecule has 5 nitrogen and oxygen atoms in total. The van der Waals surface area contributed by atoms with Crippen LogP contribution in [0.5, 0.6) is 0 Å². The van der Waals surface area contributed by atoms with Gasteiger partial charge in [-0.1, -0.05) is 23.7 Å². The van der Waals surface area contributed by atoms with Crippen LogP contribution < -0.4 is 5.73 Å². The highest BCUT2D eigenvalue weighted by atomic mass is 35.5. The molecule has 0 aliphatic heterocycles. The molecule has 0 aliphatic carbocycles. The second-order valence-corrected chi connectivity index (χ2v) is 4.09. The number of nitrogens with two attached hydrogens (primary N) is 1. The summed E-state index contributed by atoms with van der Waals surface area (Å²) in [5.41, 5.74) is 6.27. The van der Waals surface area contributed by atoms with Crippen LogP contribution in [0.25, 0.3) is 22.9 Å². The number of aromatic nitrogens is 3. The Balaban J connectivity index is 2.02. The number of H-pyrrole nitrogens is 1. The van der Waals surface area contributed by atoms with E-state index in [4.69, 9.17) is 21.8 Å². The van der Waals surface area contributed by atoms with Crippen molar-refractivity contribution in [1.82, 2.24) is 15.2 Å². The van der Waals surface area contributed by atoms with E-state index in [1.54, 1.807) is 6.07 Å². The third kappa shape index (κ3) is 1.84. The van der Waals surface area contributed by atoms with Crippen LogP contribution >= 0.6 is 11.6 Å². The van der Waals surface area contributed by atoms with Crippen molar-refractivity contribution in [3.8, 4) is 22.9 Å². The van der Waals surface area contributed by atoms with E-state index in [0.717, 1.165) is 5.56 Å². The predicted molar refractivity (Wildman–Crippen MR) is 68.9 cm³/mol. The molecule has 3 rings (SSSR count). The maximum atomic E-state index is 6.10. The molecular formula is C12H9ClN4O. The van der Waals surface area contributed by atoms with Crippen LogP contribution in [0.15, 0.2) is 40.8 Å². The Morgan fingerprint density at radius 1 is 1.11 bits per heavy atom. The Bertz CT molecular complexity index is 689. The lowest BCUT2D eigenvalue weighted by molar-refractivity contribution is 0.592. The van der Waals surface area contributed by atoms with Crippen LogP contribution in [0.1, 0.15) is 0 Å². The lowest BCUT2D eigenvalue weighted by atomic mass is 10.2. The summed E-state index contributed by atoms with van der Waals surface area (Å²) >= 11 is 6.10. The van der Waals surface area contributed by atoms with Crippen molar-refractivity contribution in [3.63, 3.8) is 0 Å². The number of hydrogen-bond acceptors (Lipinski definition) is 4. The maximum absolute atomic E-state index is 6.10. The molecule has 0 bridgehead atoms. The fourth-order valence-corrected chi connectivity index (χ4v) is 1.88. The summed E-state index contributed by atoms with van der Waals surface area (Å²) in [5.74, 6) is 1.91. The van der Waals surface area contributed by atoms with E-state index in [1.165, 1.54) is 0 Å². The van der Waals surface area contributed by atoms with Gasteiger partial charge in [-0.05, 0) is 24.3 Å². The smallest absolute Gasteiger partial charge is 0.239 e. The third-order valence-corrected chi connectivity index (χ3v) is 2.81. The molecule has 0 fully saturated rings. The second kappa shape index (κ2) is 4.19. The molecule has 1 aromatic carbocycles. The van der Waals surface area contributed by atoms with Crippen LogP contribution in [0.3, 0.4) is 0 Å². The van der Waals surface area contributed by atoms with E-state index < -0.39 is 0 Å². The minimum Gasteiger partial charge on any atom is -0.453 e. The Morgan fingerprint density at radius 2 is 1.89 bits per heavy atom. The number of rotatable bonds is 2. The van der Waals surface area contributed by atoms with Crippen LogP contribution in [0, 0.1) is 0 Å². The maximum Gasteiger partial charge on any atom is 0.239 e. The number of benzene rings is 1. The molecule has 18 heavy (non-hydrogen) atoms. The minimum absolute atomic E-state index is 0.181. The lowest BCUT2D eigenvalue weighted by Crippen LogP contribution is -1.85. The predicted octanol–water partition coefficient (Wildman–Crippen LogP) is 2.97. The topological polar surface area (TPSA) is 80.7 Å². The molecule has 0 radical (unpaired) electrons. The zero-order chi connectivity index (χ0) is 12.5. The zero-order valence-electron chi connectivity index (χ0n) is 9.22. The van der Waals surface area contributed by atoms with Crippen LogP contribution in [-0.2, 0) is 0 Å². The fraction of sp³-hybridized carbons (Fsp3) is 0. The van der Waals surface area contributed by atoms with Crippen molar-refractivity contribution in [3.05, 3.63) is 41.4 Å². The summed E-state index contributed by atoms with van der Waals surface area (Å²) in [7, 11) is 0. The summed E-state index contributed by atoms with van der Waals surface area (Å²) in [4.78, 5) is 3.99. The standard InChI is InChI=1S/C12H9ClN4O/c13-8-4-2-1-3-7(8)9-5-6-10(18-9)11-15-12(14)17-16-11/h1-6H,(H3,14,15,16,17). The summed E-state index contributed by atoms with van der Waals surface area (Å²) in [6, 6.07) is 11.1. The van der Waals surface area contributed by atoms with Crippen molar-refractivity contribution in [2.45, 2.75) is 0 Å². The van der Waals surface area contributed by atoms with Gasteiger partial charge in [-0.15, -0.1) is 5.10 Å². The second-order valence-electron chi connectivity index (χ2n) is 3.69. The highest BCUT2D eigenvalue weighted by Gasteiger charge is 2.11. The molecule has 0 unspecified atom stereocenters. The normalized spacial score (nSPS) is 10.7. The summed E-state index contributed by atoms with van der Waals surface area (Å²) in [5, 5.41) is 7.07. The highest BCUT2D eigenvalue weighted by molar-refractivity contribution is 6.33. The number of halogens is 1. The molecule has 0 atom stereocenters. The number of hydrogen-bond donors (Lipinski definition) is 2. The first-order chi connectivity index (χ1) is 8.74. The Morgan fingerprint density at radius 3 is 2.61 bits per heavy atom. The highest BCUT2D eigenvalue weighted by Crippen LogP contribution is 2.31. The number of aromatic amines is 1. The molecule has 3 aromatic rings. The lowest BCUT2D eigenvalue weighted by Gasteiger charge is -1.99. The summed E-state index contributed by atoms with van der Waals surface area (Å²) in [6.07, 6.45) is 0.